The average Bonchev–Trinajstić information content (AvgIpc) is 3.24. The fourth-order valence-electron chi connectivity index (χ4n) is 3.35. The summed E-state index contributed by atoms with van der Waals surface area (Å²) < 4.78 is 26.9. The Balaban J connectivity index is 1.65. The number of nitrogens with zero attached hydrogens (tertiary/aromatic N) is 2. The van der Waals surface area contributed by atoms with Crippen LogP contribution in [-0.2, 0) is 6.61 Å². The number of benzene rings is 3. The molecule has 0 aliphatic carbocycles. The van der Waals surface area contributed by atoms with Crippen LogP contribution in [0.15, 0.2) is 71.4 Å². The summed E-state index contributed by atoms with van der Waals surface area (Å²) in [5, 5.41) is 16.4. The number of ether oxygens (including phenoxy) is 4. The zero-order valence-corrected chi connectivity index (χ0v) is 17.9. The van der Waals surface area contributed by atoms with Gasteiger partial charge in [-0.15, -0.1) is 0 Å². The third-order valence-electron chi connectivity index (χ3n) is 4.93. The highest BCUT2D eigenvalue weighted by Gasteiger charge is 2.26. The summed E-state index contributed by atoms with van der Waals surface area (Å²) in [6.07, 6.45) is 0. The molecule has 0 N–H and O–H groups in total. The van der Waals surface area contributed by atoms with E-state index in [0.717, 1.165) is 5.56 Å². The number of hydrogen-bond acceptors (Lipinski definition) is 7. The van der Waals surface area contributed by atoms with Crippen LogP contribution in [0.4, 0.5) is 0 Å². The molecule has 0 fully saturated rings. The number of rotatable bonds is 8. The SMILES string of the molecule is COc1cc(-c2no[n+]([O-])c2-c2ccc(OCc3ccccc3)cc2)cc(OC)c1OC. The molecule has 32 heavy (non-hydrogen) atoms. The van der Waals surface area contributed by atoms with Crippen LogP contribution in [0.2, 0.25) is 0 Å². The van der Waals surface area contributed by atoms with E-state index in [4.69, 9.17) is 23.6 Å². The molecular formula is C24H22N2O6. The predicted molar refractivity (Wildman–Crippen MR) is 117 cm³/mol. The van der Waals surface area contributed by atoms with Crippen LogP contribution in [0.5, 0.6) is 23.0 Å². The summed E-state index contributed by atoms with van der Waals surface area (Å²) in [4.78, 5) is 0.373. The highest BCUT2D eigenvalue weighted by atomic mass is 16.8. The fourth-order valence-corrected chi connectivity index (χ4v) is 3.35. The van der Waals surface area contributed by atoms with Gasteiger partial charge in [0.2, 0.25) is 11.4 Å². The molecule has 0 aliphatic rings. The summed E-state index contributed by atoms with van der Waals surface area (Å²) >= 11 is 0. The van der Waals surface area contributed by atoms with Crippen molar-refractivity contribution >= 4 is 0 Å². The quantitative estimate of drug-likeness (QED) is 0.383. The number of hydrogen-bond donors (Lipinski definition) is 0. The average molecular weight is 434 g/mol. The minimum atomic E-state index is 0.258. The third kappa shape index (κ3) is 4.15. The molecular weight excluding hydrogens is 412 g/mol. The molecule has 8 heteroatoms. The van der Waals surface area contributed by atoms with Crippen LogP contribution in [0.3, 0.4) is 0 Å². The van der Waals surface area contributed by atoms with Crippen LogP contribution in [0.1, 0.15) is 5.56 Å². The Labute approximate surface area is 185 Å². The summed E-state index contributed by atoms with van der Waals surface area (Å²) in [6, 6.07) is 20.4. The molecule has 0 radical (unpaired) electrons. The molecule has 8 nitrogen and oxygen atoms in total. The van der Waals surface area contributed by atoms with Gasteiger partial charge >= 0.3 is 0 Å². The van der Waals surface area contributed by atoms with Crippen molar-refractivity contribution in [3.8, 4) is 45.5 Å². The van der Waals surface area contributed by atoms with Crippen molar-refractivity contribution in [1.29, 1.82) is 0 Å². The first-order valence-corrected chi connectivity index (χ1v) is 9.82. The Bertz CT molecular complexity index is 1160. The molecule has 4 rings (SSSR count). The first-order chi connectivity index (χ1) is 15.6. The molecule has 0 saturated carbocycles. The molecule has 1 aromatic heterocycles. The smallest absolute Gasteiger partial charge is 0.256 e. The third-order valence-corrected chi connectivity index (χ3v) is 4.93. The van der Waals surface area contributed by atoms with Crippen molar-refractivity contribution in [3.05, 3.63) is 77.5 Å². The predicted octanol–water partition coefficient (Wildman–Crippen LogP) is 4.25. The first kappa shape index (κ1) is 21.0. The standard InChI is InChI=1S/C24H22N2O6/c1-28-20-13-18(14-21(29-2)24(20)30-3)22-23(26(27)32-25-22)17-9-11-19(12-10-17)31-15-16-7-5-4-6-8-16/h4-14H,15H2,1-3H3. The van der Waals surface area contributed by atoms with E-state index in [9.17, 15) is 5.21 Å². The van der Waals surface area contributed by atoms with Gasteiger partial charge in [0.1, 0.15) is 12.4 Å². The van der Waals surface area contributed by atoms with Gasteiger partial charge in [0, 0.05) is 16.3 Å². The van der Waals surface area contributed by atoms with Gasteiger partial charge in [-0.05, 0) is 46.9 Å². The highest BCUT2D eigenvalue weighted by Crippen LogP contribution is 2.42. The zero-order chi connectivity index (χ0) is 22.5. The molecule has 0 spiro atoms. The zero-order valence-electron chi connectivity index (χ0n) is 17.9. The molecule has 0 atom stereocenters. The van der Waals surface area contributed by atoms with E-state index in [0.29, 0.717) is 51.3 Å². The van der Waals surface area contributed by atoms with Gasteiger partial charge in [-0.25, -0.2) is 0 Å². The van der Waals surface area contributed by atoms with Crippen molar-refractivity contribution in [1.82, 2.24) is 5.16 Å². The van der Waals surface area contributed by atoms with Crippen LogP contribution in [0.25, 0.3) is 22.5 Å². The van der Waals surface area contributed by atoms with Crippen molar-refractivity contribution in [2.45, 2.75) is 6.61 Å². The maximum absolute atomic E-state index is 12.4. The summed E-state index contributed by atoms with van der Waals surface area (Å²) in [7, 11) is 4.56. The van der Waals surface area contributed by atoms with Crippen molar-refractivity contribution in [2.75, 3.05) is 21.3 Å². The normalized spacial score (nSPS) is 10.6. The van der Waals surface area contributed by atoms with E-state index in [1.54, 1.807) is 36.4 Å². The number of methoxy groups -OCH3 is 3. The lowest BCUT2D eigenvalue weighted by Crippen LogP contribution is -2.25. The summed E-state index contributed by atoms with van der Waals surface area (Å²) in [6.45, 7) is 0.450. The Hall–Kier alpha value is -4.20. The van der Waals surface area contributed by atoms with Gasteiger partial charge < -0.3 is 24.2 Å². The van der Waals surface area contributed by atoms with Gasteiger partial charge in [0.25, 0.3) is 5.69 Å². The summed E-state index contributed by atoms with van der Waals surface area (Å²) in [5.41, 5.74) is 2.87. The van der Waals surface area contributed by atoms with Gasteiger partial charge in [0.05, 0.1) is 21.3 Å². The molecule has 4 aromatic rings. The highest BCUT2D eigenvalue weighted by molar-refractivity contribution is 5.78. The van der Waals surface area contributed by atoms with Crippen molar-refractivity contribution < 1.29 is 28.5 Å². The molecule has 0 unspecified atom stereocenters. The molecule has 1 heterocycles. The molecule has 0 aliphatic heterocycles. The Morgan fingerprint density at radius 1 is 0.844 bits per heavy atom. The maximum Gasteiger partial charge on any atom is 0.256 e. The van der Waals surface area contributed by atoms with E-state index in [1.165, 1.54) is 21.3 Å². The van der Waals surface area contributed by atoms with Crippen LogP contribution < -0.4 is 23.9 Å². The van der Waals surface area contributed by atoms with Crippen LogP contribution in [0, 0.1) is 5.21 Å². The first-order valence-electron chi connectivity index (χ1n) is 9.82. The van der Waals surface area contributed by atoms with Gasteiger partial charge in [-0.3, -0.25) is 4.63 Å². The fraction of sp³-hybridized carbons (Fsp3) is 0.167. The minimum Gasteiger partial charge on any atom is -0.493 e. The minimum absolute atomic E-state index is 0.258. The van der Waals surface area contributed by atoms with Crippen molar-refractivity contribution in [3.63, 3.8) is 0 Å². The topological polar surface area (TPSA) is 89.9 Å². The Morgan fingerprint density at radius 2 is 1.50 bits per heavy atom. The Kier molecular flexibility index (Phi) is 6.12. The Morgan fingerprint density at radius 3 is 2.09 bits per heavy atom. The lowest BCUT2D eigenvalue weighted by Gasteiger charge is -2.12. The van der Waals surface area contributed by atoms with E-state index < -0.39 is 0 Å². The van der Waals surface area contributed by atoms with E-state index in [2.05, 4.69) is 5.16 Å². The second-order valence-corrected chi connectivity index (χ2v) is 6.84. The monoisotopic (exact) mass is 434 g/mol. The van der Waals surface area contributed by atoms with E-state index >= 15 is 0 Å². The largest absolute Gasteiger partial charge is 0.493 e. The molecule has 0 amide bonds. The second kappa shape index (κ2) is 9.30. The molecule has 164 valence electrons. The van der Waals surface area contributed by atoms with Gasteiger partial charge in [-0.2, -0.15) is 0 Å². The van der Waals surface area contributed by atoms with Crippen LogP contribution in [-0.4, -0.2) is 26.5 Å². The molecule has 3 aromatic carbocycles. The number of aromatic nitrogens is 2. The lowest BCUT2D eigenvalue weighted by atomic mass is 10.0. The van der Waals surface area contributed by atoms with E-state index in [1.807, 2.05) is 30.3 Å². The maximum atomic E-state index is 12.4. The second-order valence-electron chi connectivity index (χ2n) is 6.84. The molecule has 0 saturated heterocycles. The van der Waals surface area contributed by atoms with Crippen molar-refractivity contribution in [2.24, 2.45) is 0 Å². The lowest BCUT2D eigenvalue weighted by molar-refractivity contribution is -0.793. The summed E-state index contributed by atoms with van der Waals surface area (Å²) in [5.74, 6) is 2.01. The van der Waals surface area contributed by atoms with Gasteiger partial charge in [-0.1, -0.05) is 30.3 Å². The molecule has 0 bridgehead atoms. The van der Waals surface area contributed by atoms with Crippen LogP contribution >= 0.6 is 0 Å². The van der Waals surface area contributed by atoms with E-state index in [-0.39, 0.29) is 5.69 Å². The van der Waals surface area contributed by atoms with Gasteiger partial charge in [0.15, 0.2) is 11.5 Å².